The van der Waals surface area contributed by atoms with E-state index in [1.165, 1.54) is 6.08 Å². The molecule has 0 aliphatic heterocycles. The number of hydrogen-bond donors (Lipinski definition) is 0. The summed E-state index contributed by atoms with van der Waals surface area (Å²) in [5.41, 5.74) is 0.657. The molecule has 0 saturated carbocycles. The lowest BCUT2D eigenvalue weighted by Crippen LogP contribution is -2.28. The zero-order valence-corrected chi connectivity index (χ0v) is 12.4. The molecule has 0 atom stereocenters. The molecule has 0 bridgehead atoms. The minimum atomic E-state index is -3.68. The van der Waals surface area contributed by atoms with E-state index in [0.717, 1.165) is 5.39 Å². The Kier molecular flexibility index (Phi) is 3.45. The number of furan rings is 1. The fourth-order valence-corrected chi connectivity index (χ4v) is 2.75. The van der Waals surface area contributed by atoms with Gasteiger partial charge in [0.15, 0.2) is 9.84 Å². The number of benzene rings is 1. The van der Waals surface area contributed by atoms with E-state index < -0.39 is 14.6 Å². The first-order valence-corrected chi connectivity index (χ1v) is 7.59. The molecule has 104 valence electrons. The van der Waals surface area contributed by atoms with E-state index in [0.29, 0.717) is 11.3 Å². The molecule has 0 saturated heterocycles. The molecule has 0 aliphatic rings. The van der Waals surface area contributed by atoms with Gasteiger partial charge in [-0.2, -0.15) is 5.26 Å². The molecule has 2 rings (SSSR count). The van der Waals surface area contributed by atoms with Crippen LogP contribution in [0.25, 0.3) is 17.0 Å². The Morgan fingerprint density at radius 2 is 1.95 bits per heavy atom. The molecule has 0 unspecified atom stereocenters. The lowest BCUT2D eigenvalue weighted by atomic mass is 10.2. The Bertz CT molecular complexity index is 782. The van der Waals surface area contributed by atoms with Crippen LogP contribution < -0.4 is 0 Å². The Morgan fingerprint density at radius 1 is 1.30 bits per heavy atom. The van der Waals surface area contributed by atoms with E-state index >= 15 is 0 Å². The SMILES string of the molecule is CC(C)(C)S(=O)(=O)C(C#N)=Cc1cc2ccccc2o1. The molecule has 20 heavy (non-hydrogen) atoms. The van der Waals surface area contributed by atoms with Crippen LogP contribution in [0, 0.1) is 11.3 Å². The number of fused-ring (bicyclic) bond motifs is 1. The van der Waals surface area contributed by atoms with Crippen molar-refractivity contribution in [1.82, 2.24) is 0 Å². The third kappa shape index (κ3) is 2.47. The summed E-state index contributed by atoms with van der Waals surface area (Å²) in [6.07, 6.45) is 1.28. The summed E-state index contributed by atoms with van der Waals surface area (Å²) in [4.78, 5) is -0.288. The van der Waals surface area contributed by atoms with Gasteiger partial charge in [0, 0.05) is 11.5 Å². The fraction of sp³-hybridized carbons (Fsp3) is 0.267. The highest BCUT2D eigenvalue weighted by Crippen LogP contribution is 2.27. The van der Waals surface area contributed by atoms with Crippen molar-refractivity contribution in [2.45, 2.75) is 25.5 Å². The molecule has 0 aliphatic carbocycles. The maximum absolute atomic E-state index is 12.3. The van der Waals surface area contributed by atoms with Crippen LogP contribution >= 0.6 is 0 Å². The first-order chi connectivity index (χ1) is 9.25. The number of sulfone groups is 1. The maximum atomic E-state index is 12.3. The van der Waals surface area contributed by atoms with Crippen LogP contribution in [0.5, 0.6) is 0 Å². The Labute approximate surface area is 118 Å². The van der Waals surface area contributed by atoms with Crippen molar-refractivity contribution >= 4 is 26.9 Å². The molecule has 0 fully saturated rings. The number of nitriles is 1. The molecular formula is C15H15NO3S. The number of nitrogens with zero attached hydrogens (tertiary/aromatic N) is 1. The predicted molar refractivity (Wildman–Crippen MR) is 78.5 cm³/mol. The second-order valence-corrected chi connectivity index (χ2v) is 8.09. The van der Waals surface area contributed by atoms with E-state index in [1.807, 2.05) is 18.2 Å². The fourth-order valence-electron chi connectivity index (χ4n) is 1.70. The van der Waals surface area contributed by atoms with E-state index in [-0.39, 0.29) is 4.91 Å². The van der Waals surface area contributed by atoms with Crippen LogP contribution in [-0.2, 0) is 9.84 Å². The summed E-state index contributed by atoms with van der Waals surface area (Å²) in [6.45, 7) is 4.68. The van der Waals surface area contributed by atoms with Crippen molar-refractivity contribution in [3.63, 3.8) is 0 Å². The molecule has 0 amide bonds. The van der Waals surface area contributed by atoms with E-state index in [9.17, 15) is 8.42 Å². The second kappa shape index (κ2) is 4.80. The summed E-state index contributed by atoms with van der Waals surface area (Å²) in [6, 6.07) is 10.8. The quantitative estimate of drug-likeness (QED) is 0.793. The van der Waals surface area contributed by atoms with Crippen molar-refractivity contribution in [2.24, 2.45) is 0 Å². The first kappa shape index (κ1) is 14.4. The normalized spacial score (nSPS) is 13.4. The molecular weight excluding hydrogens is 274 g/mol. The zero-order valence-electron chi connectivity index (χ0n) is 11.5. The first-order valence-electron chi connectivity index (χ1n) is 6.11. The standard InChI is InChI=1S/C15H15NO3S/c1-15(2,3)20(17,18)13(10-16)9-12-8-11-6-4-5-7-14(11)19-12/h4-9H,1-3H3. The second-order valence-electron chi connectivity index (χ2n) is 5.42. The van der Waals surface area contributed by atoms with Crippen molar-refractivity contribution in [2.75, 3.05) is 0 Å². The highest BCUT2D eigenvalue weighted by molar-refractivity contribution is 7.97. The minimum Gasteiger partial charge on any atom is -0.457 e. The van der Waals surface area contributed by atoms with Crippen molar-refractivity contribution < 1.29 is 12.8 Å². The highest BCUT2D eigenvalue weighted by Gasteiger charge is 2.33. The van der Waals surface area contributed by atoms with Gasteiger partial charge < -0.3 is 4.42 Å². The Hall–Kier alpha value is -2.06. The van der Waals surface area contributed by atoms with Gasteiger partial charge in [-0.25, -0.2) is 8.42 Å². The molecule has 0 spiro atoms. The molecule has 2 aromatic rings. The van der Waals surface area contributed by atoms with E-state index in [2.05, 4.69) is 0 Å². The average Bonchev–Trinajstić information content (AvgIpc) is 2.76. The van der Waals surface area contributed by atoms with Crippen LogP contribution in [0.4, 0.5) is 0 Å². The molecule has 4 nitrogen and oxygen atoms in total. The van der Waals surface area contributed by atoms with Crippen LogP contribution in [0.2, 0.25) is 0 Å². The van der Waals surface area contributed by atoms with Crippen LogP contribution in [-0.4, -0.2) is 13.2 Å². The number of para-hydroxylation sites is 1. The molecule has 1 aromatic carbocycles. The van der Waals surface area contributed by atoms with Crippen LogP contribution in [0.1, 0.15) is 26.5 Å². The van der Waals surface area contributed by atoms with Gasteiger partial charge in [0.05, 0.1) is 4.75 Å². The molecule has 0 N–H and O–H groups in total. The summed E-state index contributed by atoms with van der Waals surface area (Å²) in [5.74, 6) is 0.357. The summed E-state index contributed by atoms with van der Waals surface area (Å²) in [5, 5.41) is 9.99. The van der Waals surface area contributed by atoms with Crippen LogP contribution in [0.15, 0.2) is 39.7 Å². The van der Waals surface area contributed by atoms with Crippen molar-refractivity contribution in [1.29, 1.82) is 5.26 Å². The van der Waals surface area contributed by atoms with E-state index in [1.54, 1.807) is 39.0 Å². The largest absolute Gasteiger partial charge is 0.457 e. The lowest BCUT2D eigenvalue weighted by Gasteiger charge is -2.17. The van der Waals surface area contributed by atoms with Gasteiger partial charge in [0.1, 0.15) is 22.3 Å². The smallest absolute Gasteiger partial charge is 0.193 e. The van der Waals surface area contributed by atoms with E-state index in [4.69, 9.17) is 9.68 Å². The summed E-state index contributed by atoms with van der Waals surface area (Å²) < 4.78 is 29.0. The van der Waals surface area contributed by atoms with Gasteiger partial charge in [-0.15, -0.1) is 0 Å². The van der Waals surface area contributed by atoms with Crippen LogP contribution in [0.3, 0.4) is 0 Å². The van der Waals surface area contributed by atoms with Crippen molar-refractivity contribution in [3.05, 3.63) is 41.0 Å². The Morgan fingerprint density at radius 3 is 2.50 bits per heavy atom. The molecule has 1 heterocycles. The topological polar surface area (TPSA) is 71.1 Å². The maximum Gasteiger partial charge on any atom is 0.193 e. The summed E-state index contributed by atoms with van der Waals surface area (Å²) >= 11 is 0. The molecule has 5 heteroatoms. The van der Waals surface area contributed by atoms with Gasteiger partial charge in [-0.1, -0.05) is 18.2 Å². The monoisotopic (exact) mass is 289 g/mol. The highest BCUT2D eigenvalue weighted by atomic mass is 32.2. The third-order valence-electron chi connectivity index (χ3n) is 2.92. The average molecular weight is 289 g/mol. The molecule has 0 radical (unpaired) electrons. The van der Waals surface area contributed by atoms with Gasteiger partial charge in [0.25, 0.3) is 0 Å². The lowest BCUT2D eigenvalue weighted by molar-refractivity contribution is 0.568. The number of hydrogen-bond acceptors (Lipinski definition) is 4. The van der Waals surface area contributed by atoms with Gasteiger partial charge in [-0.05, 0) is 32.9 Å². The number of allylic oxidation sites excluding steroid dienone is 1. The Balaban J connectivity index is 2.55. The minimum absolute atomic E-state index is 0.288. The number of rotatable bonds is 2. The molecule has 1 aromatic heterocycles. The summed E-state index contributed by atoms with van der Waals surface area (Å²) in [7, 11) is -3.68. The van der Waals surface area contributed by atoms with Gasteiger partial charge >= 0.3 is 0 Å². The third-order valence-corrected chi connectivity index (χ3v) is 5.32. The van der Waals surface area contributed by atoms with Gasteiger partial charge in [0.2, 0.25) is 0 Å². The predicted octanol–water partition coefficient (Wildman–Crippen LogP) is 3.51. The zero-order chi connectivity index (χ0) is 15.0. The van der Waals surface area contributed by atoms with Crippen molar-refractivity contribution in [3.8, 4) is 6.07 Å². The van der Waals surface area contributed by atoms with Gasteiger partial charge in [-0.3, -0.25) is 0 Å².